The number of aromatic nitrogens is 4. The van der Waals surface area contributed by atoms with Crippen molar-refractivity contribution in [2.75, 3.05) is 31.1 Å². The number of nitrogens with zero attached hydrogens (tertiary/aromatic N) is 6. The van der Waals surface area contributed by atoms with Crippen molar-refractivity contribution in [3.05, 3.63) is 36.2 Å². The molecule has 0 N–H and O–H groups in total. The summed E-state index contributed by atoms with van der Waals surface area (Å²) >= 11 is 0. The first-order valence-corrected chi connectivity index (χ1v) is 10.1. The van der Waals surface area contributed by atoms with E-state index in [2.05, 4.69) is 24.9 Å². The number of anilines is 1. The van der Waals surface area contributed by atoms with Crippen molar-refractivity contribution in [1.29, 1.82) is 0 Å². The Morgan fingerprint density at radius 3 is 2.66 bits per heavy atom. The van der Waals surface area contributed by atoms with Gasteiger partial charge in [-0.1, -0.05) is 6.07 Å². The van der Waals surface area contributed by atoms with Crippen molar-refractivity contribution in [2.24, 2.45) is 0 Å². The van der Waals surface area contributed by atoms with Gasteiger partial charge in [0.15, 0.2) is 5.52 Å². The molecule has 0 unspecified atom stereocenters. The first kappa shape index (κ1) is 19.5. The van der Waals surface area contributed by atoms with Crippen LogP contribution in [0.15, 0.2) is 40.0 Å². The van der Waals surface area contributed by atoms with Crippen LogP contribution in [0.5, 0.6) is 0 Å². The molecule has 2 aromatic heterocycles. The van der Waals surface area contributed by atoms with E-state index in [0.717, 1.165) is 12.3 Å². The van der Waals surface area contributed by atoms with E-state index in [1.54, 1.807) is 17.0 Å². The summed E-state index contributed by atoms with van der Waals surface area (Å²) < 4.78 is 70.8. The molecule has 4 rings (SSSR count). The lowest BCUT2D eigenvalue weighted by molar-refractivity contribution is -0.141. The van der Waals surface area contributed by atoms with Gasteiger partial charge in [0.05, 0.1) is 0 Å². The average molecular weight is 428 g/mol. The molecule has 1 aliphatic rings. The highest BCUT2D eigenvalue weighted by Gasteiger charge is 2.34. The Bertz CT molecular complexity index is 1130. The predicted molar refractivity (Wildman–Crippen MR) is 94.4 cm³/mol. The number of hydrogen-bond acceptors (Lipinski definition) is 8. The van der Waals surface area contributed by atoms with E-state index in [9.17, 15) is 21.6 Å². The van der Waals surface area contributed by atoms with Gasteiger partial charge in [0.25, 0.3) is 0 Å². The van der Waals surface area contributed by atoms with Crippen LogP contribution in [0, 0.1) is 0 Å². The second-order valence-corrected chi connectivity index (χ2v) is 8.28. The van der Waals surface area contributed by atoms with Gasteiger partial charge in [-0.3, -0.25) is 0 Å². The molecular weight excluding hydrogens is 413 g/mol. The Labute approximate surface area is 163 Å². The van der Waals surface area contributed by atoms with E-state index >= 15 is 0 Å². The highest BCUT2D eigenvalue weighted by atomic mass is 32.2. The fourth-order valence-electron chi connectivity index (χ4n) is 3.12. The maximum absolute atomic E-state index is 13.1. The molecule has 1 aromatic carbocycles. The third-order valence-electron chi connectivity index (χ3n) is 4.54. The van der Waals surface area contributed by atoms with Crippen LogP contribution in [0.25, 0.3) is 11.0 Å². The molecule has 3 heterocycles. The van der Waals surface area contributed by atoms with E-state index in [4.69, 9.17) is 0 Å². The topological polar surface area (TPSA) is 105 Å². The molecule has 0 saturated carbocycles. The van der Waals surface area contributed by atoms with E-state index in [1.807, 2.05) is 0 Å². The van der Waals surface area contributed by atoms with Gasteiger partial charge >= 0.3 is 6.18 Å². The second-order valence-electron chi connectivity index (χ2n) is 6.37. The van der Waals surface area contributed by atoms with Crippen molar-refractivity contribution in [1.82, 2.24) is 24.6 Å². The summed E-state index contributed by atoms with van der Waals surface area (Å²) in [5.41, 5.74) is -0.587. The van der Waals surface area contributed by atoms with Gasteiger partial charge in [0.1, 0.15) is 16.1 Å². The quantitative estimate of drug-likeness (QED) is 0.623. The maximum atomic E-state index is 13.1. The Balaban J connectivity index is 1.57. The summed E-state index contributed by atoms with van der Waals surface area (Å²) in [6.07, 6.45) is -3.14. The zero-order valence-corrected chi connectivity index (χ0v) is 15.7. The van der Waals surface area contributed by atoms with E-state index < -0.39 is 21.9 Å². The number of rotatable bonds is 3. The van der Waals surface area contributed by atoms with Gasteiger partial charge in [-0.05, 0) is 34.9 Å². The molecule has 1 fully saturated rings. The lowest BCUT2D eigenvalue weighted by atomic mass is 10.3. The smallest absolute Gasteiger partial charge is 0.339 e. The van der Waals surface area contributed by atoms with Crippen LogP contribution in [0.3, 0.4) is 0 Å². The molecular formula is C16H15F3N6O3S. The molecule has 154 valence electrons. The van der Waals surface area contributed by atoms with Crippen LogP contribution < -0.4 is 4.90 Å². The minimum Gasteiger partial charge on any atom is -0.339 e. The Kier molecular flexibility index (Phi) is 4.86. The maximum Gasteiger partial charge on any atom is 0.433 e. The van der Waals surface area contributed by atoms with Crippen LogP contribution in [0.1, 0.15) is 12.1 Å². The monoisotopic (exact) mass is 428 g/mol. The number of fused-ring (bicyclic) bond motifs is 1. The molecule has 13 heteroatoms. The number of halogens is 3. The van der Waals surface area contributed by atoms with Crippen molar-refractivity contribution in [2.45, 2.75) is 17.5 Å². The summed E-state index contributed by atoms with van der Waals surface area (Å²) in [7, 11) is -3.90. The summed E-state index contributed by atoms with van der Waals surface area (Å²) in [5.74, 6) is -0.0816. The predicted octanol–water partition coefficient (Wildman–Crippen LogP) is 1.93. The first-order chi connectivity index (χ1) is 13.8. The third kappa shape index (κ3) is 3.74. The van der Waals surface area contributed by atoms with Crippen molar-refractivity contribution >= 4 is 27.0 Å². The van der Waals surface area contributed by atoms with Gasteiger partial charge < -0.3 is 4.90 Å². The molecule has 0 amide bonds. The van der Waals surface area contributed by atoms with Crippen LogP contribution in [-0.2, 0) is 16.2 Å². The summed E-state index contributed by atoms with van der Waals surface area (Å²) in [6, 6.07) is 5.34. The zero-order valence-electron chi connectivity index (χ0n) is 14.9. The van der Waals surface area contributed by atoms with Gasteiger partial charge in [-0.2, -0.15) is 17.5 Å². The summed E-state index contributed by atoms with van der Waals surface area (Å²) in [6.45, 7) is 0.722. The minimum atomic E-state index is -4.58. The summed E-state index contributed by atoms with van der Waals surface area (Å²) in [4.78, 5) is 9.01. The van der Waals surface area contributed by atoms with Gasteiger partial charge in [0, 0.05) is 32.4 Å². The average Bonchev–Trinajstić information content (AvgIpc) is 3.02. The van der Waals surface area contributed by atoms with Gasteiger partial charge in [-0.15, -0.1) is 0 Å². The molecule has 3 aromatic rings. The molecule has 29 heavy (non-hydrogen) atoms. The number of sulfonamides is 1. The molecule has 0 aliphatic carbocycles. The molecule has 1 saturated heterocycles. The first-order valence-electron chi connectivity index (χ1n) is 8.63. The van der Waals surface area contributed by atoms with Crippen molar-refractivity contribution in [3.8, 4) is 0 Å². The lowest BCUT2D eigenvalue weighted by Crippen LogP contribution is -2.35. The molecule has 0 atom stereocenters. The van der Waals surface area contributed by atoms with Crippen LogP contribution in [0.4, 0.5) is 19.1 Å². The van der Waals surface area contributed by atoms with E-state index in [1.165, 1.54) is 10.4 Å². The third-order valence-corrected chi connectivity index (χ3v) is 6.47. The molecule has 1 aliphatic heterocycles. The molecule has 9 nitrogen and oxygen atoms in total. The fourth-order valence-corrected chi connectivity index (χ4v) is 4.73. The van der Waals surface area contributed by atoms with Crippen molar-refractivity contribution in [3.63, 3.8) is 0 Å². The van der Waals surface area contributed by atoms with Crippen LogP contribution >= 0.6 is 0 Å². The Hall–Kier alpha value is -2.80. The standard InChI is InChI=1S/C16H15F3N6O3S/c17-16(18,19)13-5-6-20-15(21-13)24-7-2-8-25(10-9-24)29(26,27)12-4-1-3-11-14(12)23-28-22-11/h1,3-6H,2,7-10H2. The van der Waals surface area contributed by atoms with Gasteiger partial charge in [-0.25, -0.2) is 23.0 Å². The SMILES string of the molecule is O=S(=O)(c1cccc2nonc12)N1CCCN(c2nccc(C(F)(F)F)n2)CC1. The van der Waals surface area contributed by atoms with E-state index in [0.29, 0.717) is 18.5 Å². The highest BCUT2D eigenvalue weighted by Crippen LogP contribution is 2.29. The normalized spacial score (nSPS) is 16.9. The second kappa shape index (κ2) is 7.22. The number of benzene rings is 1. The summed E-state index contributed by atoms with van der Waals surface area (Å²) in [5, 5.41) is 7.32. The largest absolute Gasteiger partial charge is 0.433 e. The lowest BCUT2D eigenvalue weighted by Gasteiger charge is -2.22. The Morgan fingerprint density at radius 1 is 1.03 bits per heavy atom. The molecule has 0 bridgehead atoms. The number of alkyl halides is 3. The minimum absolute atomic E-state index is 0.0278. The number of hydrogen-bond donors (Lipinski definition) is 0. The Morgan fingerprint density at radius 2 is 1.86 bits per heavy atom. The zero-order chi connectivity index (χ0) is 20.6. The highest BCUT2D eigenvalue weighted by molar-refractivity contribution is 7.89. The van der Waals surface area contributed by atoms with Crippen molar-refractivity contribution < 1.29 is 26.2 Å². The van der Waals surface area contributed by atoms with Crippen LogP contribution in [-0.4, -0.2) is 59.2 Å². The van der Waals surface area contributed by atoms with Crippen LogP contribution in [0.2, 0.25) is 0 Å². The van der Waals surface area contributed by atoms with E-state index in [-0.39, 0.29) is 36.0 Å². The fraction of sp³-hybridized carbons (Fsp3) is 0.375. The van der Waals surface area contributed by atoms with Gasteiger partial charge in [0.2, 0.25) is 16.0 Å². The molecule has 0 radical (unpaired) electrons. The molecule has 0 spiro atoms.